The topological polar surface area (TPSA) is 92.9 Å². The molecule has 2 aromatic heterocycles. The van der Waals surface area contributed by atoms with Gasteiger partial charge in [-0.25, -0.2) is 9.50 Å². The first-order valence-corrected chi connectivity index (χ1v) is 6.80. The van der Waals surface area contributed by atoms with E-state index in [0.717, 1.165) is 0 Å². The van der Waals surface area contributed by atoms with Crippen LogP contribution in [0.2, 0.25) is 0 Å². The summed E-state index contributed by atoms with van der Waals surface area (Å²) in [5.74, 6) is 0.332. The van der Waals surface area contributed by atoms with E-state index >= 15 is 0 Å². The lowest BCUT2D eigenvalue weighted by molar-refractivity contribution is -0.0667. The molecular weight excluding hydrogens is 274 g/mol. The van der Waals surface area contributed by atoms with Gasteiger partial charge in [0.1, 0.15) is 6.33 Å². The van der Waals surface area contributed by atoms with E-state index in [9.17, 15) is 9.90 Å². The molecule has 1 amide bonds. The van der Waals surface area contributed by atoms with E-state index in [-0.39, 0.29) is 24.7 Å². The molecule has 112 valence electrons. The van der Waals surface area contributed by atoms with Crippen LogP contribution in [0.25, 0.3) is 5.78 Å². The lowest BCUT2D eigenvalue weighted by atomic mass is 10.1. The zero-order valence-corrected chi connectivity index (χ0v) is 11.9. The van der Waals surface area contributed by atoms with Crippen LogP contribution in [0, 0.1) is 6.92 Å². The van der Waals surface area contributed by atoms with Crippen molar-refractivity contribution in [2.24, 2.45) is 0 Å². The summed E-state index contributed by atoms with van der Waals surface area (Å²) in [4.78, 5) is 22.6. The van der Waals surface area contributed by atoms with Gasteiger partial charge in [-0.3, -0.25) is 4.79 Å². The fourth-order valence-electron chi connectivity index (χ4n) is 2.47. The van der Waals surface area contributed by atoms with E-state index < -0.39 is 0 Å². The maximum Gasteiger partial charge on any atom is 0.257 e. The molecule has 1 aliphatic heterocycles. The van der Waals surface area contributed by atoms with E-state index in [0.29, 0.717) is 30.2 Å². The molecule has 0 spiro atoms. The Morgan fingerprint density at radius 3 is 3.10 bits per heavy atom. The number of aliphatic hydroxyl groups excluding tert-OH is 1. The Balaban J connectivity index is 1.93. The predicted molar refractivity (Wildman–Crippen MR) is 72.8 cm³/mol. The monoisotopic (exact) mass is 291 g/mol. The molecule has 2 aromatic rings. The molecule has 8 heteroatoms. The van der Waals surface area contributed by atoms with Crippen LogP contribution in [-0.2, 0) is 4.74 Å². The van der Waals surface area contributed by atoms with Gasteiger partial charge in [0.15, 0.2) is 0 Å². The summed E-state index contributed by atoms with van der Waals surface area (Å²) < 4.78 is 7.00. The second-order valence-electron chi connectivity index (χ2n) is 5.17. The van der Waals surface area contributed by atoms with Gasteiger partial charge in [0.05, 0.1) is 36.6 Å². The summed E-state index contributed by atoms with van der Waals surface area (Å²) in [5.41, 5.74) is 1.18. The summed E-state index contributed by atoms with van der Waals surface area (Å²) in [6.07, 6.45) is 2.59. The molecule has 1 N–H and O–H groups in total. The molecule has 0 radical (unpaired) electrons. The number of morpholine rings is 1. The SMILES string of the molecule is Cc1c(C(=O)N2CC(CO)OCC2C)cnc2ncnn12. The maximum atomic E-state index is 12.7. The van der Waals surface area contributed by atoms with E-state index in [1.165, 1.54) is 12.5 Å². The van der Waals surface area contributed by atoms with E-state index in [4.69, 9.17) is 4.74 Å². The number of carbonyl (C=O) groups is 1. The van der Waals surface area contributed by atoms with Gasteiger partial charge in [0.25, 0.3) is 11.7 Å². The standard InChI is InChI=1S/C13H17N5O3/c1-8-6-21-10(5-19)4-17(8)12(20)11-3-14-13-15-7-16-18(13)9(11)2/h3,7-8,10,19H,4-6H2,1-2H3. The number of hydrogen-bond acceptors (Lipinski definition) is 6. The van der Waals surface area contributed by atoms with Crippen molar-refractivity contribution in [3.8, 4) is 0 Å². The highest BCUT2D eigenvalue weighted by molar-refractivity contribution is 5.95. The summed E-state index contributed by atoms with van der Waals surface area (Å²) >= 11 is 0. The summed E-state index contributed by atoms with van der Waals surface area (Å²) in [7, 11) is 0. The fourth-order valence-corrected chi connectivity index (χ4v) is 2.47. The number of nitrogens with zero attached hydrogens (tertiary/aromatic N) is 5. The Morgan fingerprint density at radius 2 is 2.33 bits per heavy atom. The van der Waals surface area contributed by atoms with Gasteiger partial charge in [-0.15, -0.1) is 0 Å². The van der Waals surface area contributed by atoms with E-state index in [2.05, 4.69) is 15.1 Å². The molecule has 8 nitrogen and oxygen atoms in total. The van der Waals surface area contributed by atoms with Crippen molar-refractivity contribution in [2.75, 3.05) is 19.8 Å². The van der Waals surface area contributed by atoms with Gasteiger partial charge < -0.3 is 14.7 Å². The Bertz CT molecular complexity index is 671. The van der Waals surface area contributed by atoms with Crippen LogP contribution in [0.5, 0.6) is 0 Å². The smallest absolute Gasteiger partial charge is 0.257 e. The van der Waals surface area contributed by atoms with Crippen LogP contribution in [0.1, 0.15) is 23.0 Å². The molecule has 0 aliphatic carbocycles. The first-order chi connectivity index (χ1) is 10.1. The highest BCUT2D eigenvalue weighted by atomic mass is 16.5. The first kappa shape index (κ1) is 13.9. The quantitative estimate of drug-likeness (QED) is 0.813. The molecule has 1 saturated heterocycles. The highest BCUT2D eigenvalue weighted by Crippen LogP contribution is 2.17. The van der Waals surface area contributed by atoms with Crippen LogP contribution >= 0.6 is 0 Å². The number of aliphatic hydroxyl groups is 1. The van der Waals surface area contributed by atoms with Crippen LogP contribution in [0.15, 0.2) is 12.5 Å². The largest absolute Gasteiger partial charge is 0.394 e. The molecule has 2 atom stereocenters. The second-order valence-corrected chi connectivity index (χ2v) is 5.17. The second kappa shape index (κ2) is 5.38. The van der Waals surface area contributed by atoms with Crippen molar-refractivity contribution in [3.63, 3.8) is 0 Å². The number of amides is 1. The van der Waals surface area contributed by atoms with E-state index in [1.54, 1.807) is 9.42 Å². The van der Waals surface area contributed by atoms with Gasteiger partial charge in [0, 0.05) is 12.7 Å². The molecule has 3 rings (SSSR count). The average molecular weight is 291 g/mol. The number of aryl methyl sites for hydroxylation is 1. The molecule has 0 saturated carbocycles. The zero-order valence-electron chi connectivity index (χ0n) is 11.9. The lowest BCUT2D eigenvalue weighted by Crippen LogP contribution is -2.52. The Kier molecular flexibility index (Phi) is 3.56. The average Bonchev–Trinajstić information content (AvgIpc) is 2.97. The van der Waals surface area contributed by atoms with Gasteiger partial charge in [0.2, 0.25) is 0 Å². The number of ether oxygens (including phenoxy) is 1. The number of fused-ring (bicyclic) bond motifs is 1. The van der Waals surface area contributed by atoms with Gasteiger partial charge >= 0.3 is 0 Å². The number of carbonyl (C=O) groups excluding carboxylic acids is 1. The summed E-state index contributed by atoms with van der Waals surface area (Å²) in [6.45, 7) is 4.41. The van der Waals surface area contributed by atoms with Crippen molar-refractivity contribution in [2.45, 2.75) is 26.0 Å². The molecule has 1 aliphatic rings. The predicted octanol–water partition coefficient (Wildman–Crippen LogP) is -0.345. The van der Waals surface area contributed by atoms with Gasteiger partial charge in [-0.2, -0.15) is 10.1 Å². The third kappa shape index (κ3) is 2.36. The molecule has 3 heterocycles. The minimum atomic E-state index is -0.339. The molecule has 21 heavy (non-hydrogen) atoms. The van der Waals surface area contributed by atoms with Gasteiger partial charge in [-0.1, -0.05) is 0 Å². The van der Waals surface area contributed by atoms with Crippen LogP contribution in [-0.4, -0.2) is 67.4 Å². The molecule has 0 aromatic carbocycles. The summed E-state index contributed by atoms with van der Waals surface area (Å²) in [6, 6.07) is -0.0499. The zero-order chi connectivity index (χ0) is 15.0. The number of hydrogen-bond donors (Lipinski definition) is 1. The molecular formula is C13H17N5O3. The maximum absolute atomic E-state index is 12.7. The Hall–Kier alpha value is -2.06. The number of aromatic nitrogens is 4. The normalized spacial score (nSPS) is 22.7. The minimum Gasteiger partial charge on any atom is -0.394 e. The van der Waals surface area contributed by atoms with E-state index in [1.807, 2.05) is 13.8 Å². The third-order valence-electron chi connectivity index (χ3n) is 3.75. The van der Waals surface area contributed by atoms with Crippen molar-refractivity contribution in [1.82, 2.24) is 24.5 Å². The Morgan fingerprint density at radius 1 is 1.52 bits per heavy atom. The summed E-state index contributed by atoms with van der Waals surface area (Å²) in [5, 5.41) is 13.3. The molecule has 2 unspecified atom stereocenters. The minimum absolute atomic E-state index is 0.0499. The van der Waals surface area contributed by atoms with Crippen LogP contribution in [0.4, 0.5) is 0 Å². The highest BCUT2D eigenvalue weighted by Gasteiger charge is 2.31. The van der Waals surface area contributed by atoms with Crippen LogP contribution < -0.4 is 0 Å². The lowest BCUT2D eigenvalue weighted by Gasteiger charge is -2.37. The van der Waals surface area contributed by atoms with Crippen molar-refractivity contribution >= 4 is 11.7 Å². The molecule has 0 bridgehead atoms. The fraction of sp³-hybridized carbons (Fsp3) is 0.538. The number of rotatable bonds is 2. The van der Waals surface area contributed by atoms with Crippen LogP contribution in [0.3, 0.4) is 0 Å². The third-order valence-corrected chi connectivity index (χ3v) is 3.75. The Labute approximate surface area is 121 Å². The van der Waals surface area contributed by atoms with Gasteiger partial charge in [-0.05, 0) is 13.8 Å². The molecule has 1 fully saturated rings. The van der Waals surface area contributed by atoms with Crippen molar-refractivity contribution in [3.05, 3.63) is 23.8 Å². The first-order valence-electron chi connectivity index (χ1n) is 6.80. The van der Waals surface area contributed by atoms with Crippen molar-refractivity contribution < 1.29 is 14.6 Å². The van der Waals surface area contributed by atoms with Crippen molar-refractivity contribution in [1.29, 1.82) is 0 Å².